The number of thioether (sulfide) groups is 1. The van der Waals surface area contributed by atoms with Gasteiger partial charge in [-0.15, -0.1) is 11.8 Å². The molecule has 0 saturated carbocycles. The van der Waals surface area contributed by atoms with Gasteiger partial charge < -0.3 is 9.72 Å². The van der Waals surface area contributed by atoms with Crippen LogP contribution in [0.15, 0.2) is 118 Å². The van der Waals surface area contributed by atoms with E-state index in [2.05, 4.69) is 45.2 Å². The number of para-hydroxylation sites is 1. The first kappa shape index (κ1) is 25.5. The Kier molecular flexibility index (Phi) is 7.26. The molecule has 1 unspecified atom stereocenters. The third-order valence-electron chi connectivity index (χ3n) is 6.90. The van der Waals surface area contributed by atoms with Gasteiger partial charge in [-0.05, 0) is 47.0 Å². The van der Waals surface area contributed by atoms with E-state index in [9.17, 15) is 4.79 Å². The molecule has 39 heavy (non-hydrogen) atoms. The lowest BCUT2D eigenvalue weighted by molar-refractivity contribution is -0.130. The summed E-state index contributed by atoms with van der Waals surface area (Å²) in [6.07, 6.45) is 0.646. The molecule has 6 rings (SSSR count). The lowest BCUT2D eigenvalue weighted by atomic mass is 9.98. The molecule has 5 aromatic rings. The van der Waals surface area contributed by atoms with Crippen LogP contribution in [0, 0.1) is 0 Å². The fraction of sp³-hybridized carbons (Fsp3) is 0.125. The van der Waals surface area contributed by atoms with Crippen LogP contribution in [-0.2, 0) is 4.79 Å². The van der Waals surface area contributed by atoms with Gasteiger partial charge in [0.1, 0.15) is 5.75 Å². The van der Waals surface area contributed by atoms with Crippen molar-refractivity contribution in [3.63, 3.8) is 0 Å². The first-order valence-electron chi connectivity index (χ1n) is 12.7. The number of ether oxygens (including phenoxy) is 1. The number of aromatic nitrogens is 1. The highest BCUT2D eigenvalue weighted by Crippen LogP contribution is 2.39. The normalized spacial score (nSPS) is 15.0. The smallest absolute Gasteiger partial charge is 0.253 e. The Morgan fingerprint density at radius 3 is 2.41 bits per heavy atom. The van der Waals surface area contributed by atoms with Gasteiger partial charge in [-0.2, -0.15) is 5.10 Å². The van der Waals surface area contributed by atoms with E-state index < -0.39 is 0 Å². The largest absolute Gasteiger partial charge is 0.497 e. The van der Waals surface area contributed by atoms with E-state index in [1.54, 1.807) is 23.9 Å². The maximum Gasteiger partial charge on any atom is 0.253 e. The maximum absolute atomic E-state index is 13.8. The summed E-state index contributed by atoms with van der Waals surface area (Å²) in [7, 11) is 1.65. The molecule has 0 saturated heterocycles. The molecule has 7 heteroatoms. The zero-order valence-corrected chi connectivity index (χ0v) is 23.7. The fourth-order valence-corrected chi connectivity index (χ4v) is 6.23. The Balaban J connectivity index is 1.31. The fourth-order valence-electron chi connectivity index (χ4n) is 4.92. The number of carbonyl (C=O) groups excluding carboxylic acids is 1. The van der Waals surface area contributed by atoms with Gasteiger partial charge in [0.25, 0.3) is 5.91 Å². The third kappa shape index (κ3) is 5.24. The van der Waals surface area contributed by atoms with Crippen molar-refractivity contribution in [1.29, 1.82) is 0 Å². The highest BCUT2D eigenvalue weighted by atomic mass is 79.9. The minimum atomic E-state index is -0.181. The van der Waals surface area contributed by atoms with Gasteiger partial charge in [-0.1, -0.05) is 88.7 Å². The zero-order valence-electron chi connectivity index (χ0n) is 21.3. The minimum absolute atomic E-state index is 0.0303. The number of rotatable bonds is 7. The number of nitrogens with zero attached hydrogens (tertiary/aromatic N) is 2. The number of hydrazone groups is 1. The molecular weight excluding hydrogens is 570 g/mol. The number of fused-ring (bicyclic) bond motifs is 1. The molecule has 0 radical (unpaired) electrons. The van der Waals surface area contributed by atoms with Crippen LogP contribution in [0.2, 0.25) is 0 Å². The van der Waals surface area contributed by atoms with Gasteiger partial charge in [0.2, 0.25) is 0 Å². The van der Waals surface area contributed by atoms with Crippen molar-refractivity contribution in [2.24, 2.45) is 5.10 Å². The molecule has 1 N–H and O–H groups in total. The molecule has 0 aliphatic carbocycles. The molecule has 1 aromatic heterocycles. The van der Waals surface area contributed by atoms with Gasteiger partial charge in [-0.3, -0.25) is 4.79 Å². The van der Waals surface area contributed by atoms with Crippen molar-refractivity contribution < 1.29 is 9.53 Å². The Labute approximate surface area is 240 Å². The molecule has 194 valence electrons. The summed E-state index contributed by atoms with van der Waals surface area (Å²) in [5, 5.41) is 7.65. The van der Waals surface area contributed by atoms with Crippen molar-refractivity contribution >= 4 is 50.2 Å². The zero-order chi connectivity index (χ0) is 26.8. The number of nitrogens with one attached hydrogen (secondary N) is 1. The molecule has 5 nitrogen and oxygen atoms in total. The molecule has 1 aliphatic heterocycles. The van der Waals surface area contributed by atoms with Gasteiger partial charge >= 0.3 is 0 Å². The molecular formula is C32H26BrN3O2S. The van der Waals surface area contributed by atoms with E-state index in [0.717, 1.165) is 54.1 Å². The number of benzene rings is 4. The van der Waals surface area contributed by atoms with Crippen LogP contribution >= 0.6 is 27.7 Å². The lowest BCUT2D eigenvalue weighted by Crippen LogP contribution is -2.28. The number of carbonyl (C=O) groups is 1. The first-order valence-corrected chi connectivity index (χ1v) is 14.5. The molecule has 2 heterocycles. The van der Waals surface area contributed by atoms with Gasteiger partial charge in [0, 0.05) is 26.7 Å². The lowest BCUT2D eigenvalue weighted by Gasteiger charge is -2.22. The van der Waals surface area contributed by atoms with Crippen LogP contribution in [0.1, 0.15) is 23.6 Å². The monoisotopic (exact) mass is 595 g/mol. The Bertz CT molecular complexity index is 1650. The summed E-state index contributed by atoms with van der Waals surface area (Å²) in [4.78, 5) is 18.5. The standard InChI is InChI=1S/C32H26BrN3O2S/c1-38-25-17-13-22(14-18-25)29-19-28(21-11-15-24(33)16-12-21)35-36(29)30(37)20-39-32-26-9-5-6-10-27(26)34-31(32)23-7-3-2-4-8-23/h2-18,29,34H,19-20H2,1H3. The number of hydrogen-bond acceptors (Lipinski definition) is 4. The quantitative estimate of drug-likeness (QED) is 0.193. The van der Waals surface area contributed by atoms with Crippen LogP contribution in [0.25, 0.3) is 22.2 Å². The highest BCUT2D eigenvalue weighted by molar-refractivity contribution is 9.10. The summed E-state index contributed by atoms with van der Waals surface area (Å²) in [5.74, 6) is 1.02. The molecule has 0 spiro atoms. The van der Waals surface area contributed by atoms with E-state index >= 15 is 0 Å². The van der Waals surface area contributed by atoms with E-state index in [-0.39, 0.29) is 17.7 Å². The van der Waals surface area contributed by atoms with Crippen LogP contribution in [0.4, 0.5) is 0 Å². The van der Waals surface area contributed by atoms with Gasteiger partial charge in [0.05, 0.1) is 30.3 Å². The van der Waals surface area contributed by atoms with E-state index in [4.69, 9.17) is 9.84 Å². The molecule has 1 amide bonds. The summed E-state index contributed by atoms with van der Waals surface area (Å²) < 4.78 is 6.36. The Morgan fingerprint density at radius 2 is 1.67 bits per heavy atom. The van der Waals surface area contributed by atoms with Crippen molar-refractivity contribution in [3.05, 3.63) is 119 Å². The average Bonchev–Trinajstić information content (AvgIpc) is 3.59. The molecule has 4 aromatic carbocycles. The number of halogens is 1. The van der Waals surface area contributed by atoms with Crippen LogP contribution in [0.5, 0.6) is 5.75 Å². The number of aromatic amines is 1. The van der Waals surface area contributed by atoms with Crippen LogP contribution in [0.3, 0.4) is 0 Å². The Morgan fingerprint density at radius 1 is 0.949 bits per heavy atom. The predicted octanol–water partition coefficient (Wildman–Crippen LogP) is 8.08. The predicted molar refractivity (Wildman–Crippen MR) is 162 cm³/mol. The topological polar surface area (TPSA) is 57.7 Å². The second-order valence-corrected chi connectivity index (χ2v) is 11.2. The SMILES string of the molecule is COc1ccc(C2CC(c3ccc(Br)cc3)=NN2C(=O)CSc2c(-c3ccccc3)[nH]c3ccccc23)cc1. The van der Waals surface area contributed by atoms with Gasteiger partial charge in [0.15, 0.2) is 0 Å². The van der Waals surface area contributed by atoms with E-state index in [1.807, 2.05) is 78.9 Å². The van der Waals surface area contributed by atoms with Gasteiger partial charge in [-0.25, -0.2) is 5.01 Å². The van der Waals surface area contributed by atoms with E-state index in [0.29, 0.717) is 6.42 Å². The summed E-state index contributed by atoms with van der Waals surface area (Å²) in [5.41, 5.74) is 6.13. The minimum Gasteiger partial charge on any atom is -0.497 e. The van der Waals surface area contributed by atoms with Crippen LogP contribution < -0.4 is 4.74 Å². The molecule has 0 fully saturated rings. The number of hydrogen-bond donors (Lipinski definition) is 1. The summed E-state index contributed by atoms with van der Waals surface area (Å²) >= 11 is 5.07. The number of amides is 1. The van der Waals surface area contributed by atoms with Crippen LogP contribution in [-0.4, -0.2) is 34.5 Å². The average molecular weight is 597 g/mol. The Hall–Kier alpha value is -3.81. The van der Waals surface area contributed by atoms with Crippen molar-refractivity contribution in [1.82, 2.24) is 9.99 Å². The number of H-pyrrole nitrogens is 1. The van der Waals surface area contributed by atoms with Crippen molar-refractivity contribution in [3.8, 4) is 17.0 Å². The first-order chi connectivity index (χ1) is 19.1. The van der Waals surface area contributed by atoms with Crippen molar-refractivity contribution in [2.75, 3.05) is 12.9 Å². The van der Waals surface area contributed by atoms with Crippen molar-refractivity contribution in [2.45, 2.75) is 17.4 Å². The third-order valence-corrected chi connectivity index (χ3v) is 8.54. The van der Waals surface area contributed by atoms with E-state index in [1.165, 1.54) is 0 Å². The second-order valence-electron chi connectivity index (χ2n) is 9.31. The maximum atomic E-state index is 13.8. The summed E-state index contributed by atoms with van der Waals surface area (Å²) in [6, 6.07) is 34.3. The second kappa shape index (κ2) is 11.1. The molecule has 1 atom stereocenters. The number of methoxy groups -OCH3 is 1. The highest BCUT2D eigenvalue weighted by Gasteiger charge is 2.33. The molecule has 1 aliphatic rings. The molecule has 0 bridgehead atoms. The summed E-state index contributed by atoms with van der Waals surface area (Å²) in [6.45, 7) is 0.